The van der Waals surface area contributed by atoms with Crippen LogP contribution in [0.1, 0.15) is 25.3 Å². The van der Waals surface area contributed by atoms with Crippen LogP contribution in [0.2, 0.25) is 5.02 Å². The van der Waals surface area contributed by atoms with E-state index >= 15 is 0 Å². The van der Waals surface area contributed by atoms with Gasteiger partial charge in [-0.3, -0.25) is 0 Å². The molecule has 0 amide bonds. The zero-order valence-electron chi connectivity index (χ0n) is 14.7. The monoisotopic (exact) mass is 403 g/mol. The highest BCUT2D eigenvalue weighted by atomic mass is 35.5. The molecule has 0 radical (unpaired) electrons. The minimum Gasteiger partial charge on any atom is -0.466 e. The number of ether oxygens (including phenoxy) is 2. The van der Waals surface area contributed by atoms with E-state index in [0.29, 0.717) is 11.3 Å². The molecule has 1 atom stereocenters. The van der Waals surface area contributed by atoms with E-state index in [1.807, 2.05) is 0 Å². The summed E-state index contributed by atoms with van der Waals surface area (Å²) < 4.78 is 46.6. The third-order valence-corrected chi connectivity index (χ3v) is 4.31. The molecule has 5 nitrogen and oxygen atoms in total. The van der Waals surface area contributed by atoms with E-state index in [1.54, 1.807) is 31.2 Å². The summed E-state index contributed by atoms with van der Waals surface area (Å²) >= 11 is 6.24. The molecule has 1 aliphatic heterocycles. The predicted molar refractivity (Wildman–Crippen MR) is 91.8 cm³/mol. The van der Waals surface area contributed by atoms with E-state index in [0.717, 1.165) is 0 Å². The van der Waals surface area contributed by atoms with Crippen molar-refractivity contribution in [2.75, 3.05) is 13.7 Å². The van der Waals surface area contributed by atoms with E-state index < -0.39 is 30.6 Å². The number of rotatable bonds is 4. The molecule has 0 saturated carbocycles. The lowest BCUT2D eigenvalue weighted by molar-refractivity contribution is -0.183. The maximum absolute atomic E-state index is 12.5. The summed E-state index contributed by atoms with van der Waals surface area (Å²) in [5, 5.41) is 3.07. The number of nitrogens with one attached hydrogen (secondary N) is 1. The fourth-order valence-corrected chi connectivity index (χ4v) is 3.14. The molecule has 1 unspecified atom stereocenters. The van der Waals surface area contributed by atoms with Gasteiger partial charge in [-0.1, -0.05) is 29.8 Å². The summed E-state index contributed by atoms with van der Waals surface area (Å²) in [4.78, 5) is 24.8. The Kier molecular flexibility index (Phi) is 6.20. The second kappa shape index (κ2) is 8.04. The van der Waals surface area contributed by atoms with Crippen molar-refractivity contribution in [2.24, 2.45) is 0 Å². The highest BCUT2D eigenvalue weighted by Crippen LogP contribution is 2.41. The largest absolute Gasteiger partial charge is 0.466 e. The molecule has 2 rings (SSSR count). The molecule has 0 spiro atoms. The van der Waals surface area contributed by atoms with Crippen LogP contribution in [0.3, 0.4) is 0 Å². The minimum absolute atomic E-state index is 0.0650. The number of halogens is 4. The average Bonchev–Trinajstić information content (AvgIpc) is 2.58. The smallest absolute Gasteiger partial charge is 0.422 e. The van der Waals surface area contributed by atoms with Crippen molar-refractivity contribution in [3.63, 3.8) is 0 Å². The average molecular weight is 404 g/mol. The first-order valence-corrected chi connectivity index (χ1v) is 8.19. The summed E-state index contributed by atoms with van der Waals surface area (Å²) in [6, 6.07) is 6.43. The van der Waals surface area contributed by atoms with E-state index in [1.165, 1.54) is 14.0 Å². The molecule has 1 aromatic rings. The summed E-state index contributed by atoms with van der Waals surface area (Å²) in [7, 11) is 1.17. The molecular weight excluding hydrogens is 387 g/mol. The van der Waals surface area contributed by atoms with Crippen molar-refractivity contribution in [3.05, 3.63) is 57.4 Å². The Morgan fingerprint density at radius 3 is 2.19 bits per heavy atom. The fourth-order valence-electron chi connectivity index (χ4n) is 2.89. The molecule has 146 valence electrons. The van der Waals surface area contributed by atoms with Gasteiger partial charge in [0.1, 0.15) is 0 Å². The van der Waals surface area contributed by atoms with Crippen LogP contribution >= 0.6 is 11.6 Å². The van der Waals surface area contributed by atoms with Crippen LogP contribution in [-0.2, 0) is 19.1 Å². The lowest BCUT2D eigenvalue weighted by atomic mass is 9.80. The number of methoxy groups -OCH3 is 1. The maximum atomic E-state index is 12.5. The molecule has 0 bridgehead atoms. The van der Waals surface area contributed by atoms with Crippen LogP contribution in [0, 0.1) is 0 Å². The second-order valence-corrected chi connectivity index (χ2v) is 6.25. The molecule has 9 heteroatoms. The van der Waals surface area contributed by atoms with Crippen LogP contribution in [0.25, 0.3) is 0 Å². The van der Waals surface area contributed by atoms with E-state index in [2.05, 4.69) is 10.1 Å². The third-order valence-electron chi connectivity index (χ3n) is 3.97. The predicted octanol–water partition coefficient (Wildman–Crippen LogP) is 3.85. The number of alkyl halides is 3. The number of hydrogen-bond acceptors (Lipinski definition) is 5. The summed E-state index contributed by atoms with van der Waals surface area (Å²) in [6.07, 6.45) is -4.68. The molecule has 0 fully saturated rings. The number of allylic oxidation sites excluding steroid dienone is 2. The Bertz CT molecular complexity index is 830. The fraction of sp³-hybridized carbons (Fsp3) is 0.333. The van der Waals surface area contributed by atoms with Gasteiger partial charge in [-0.2, -0.15) is 13.2 Å². The number of esters is 2. The Balaban J connectivity index is 2.58. The van der Waals surface area contributed by atoms with Crippen molar-refractivity contribution < 1.29 is 32.2 Å². The van der Waals surface area contributed by atoms with Crippen LogP contribution in [0.15, 0.2) is 46.8 Å². The molecule has 0 aromatic heterocycles. The summed E-state index contributed by atoms with van der Waals surface area (Å²) in [5.41, 5.74) is 0.959. The van der Waals surface area contributed by atoms with Crippen molar-refractivity contribution >= 4 is 23.5 Å². The molecule has 1 aliphatic rings. The van der Waals surface area contributed by atoms with E-state index in [4.69, 9.17) is 16.3 Å². The Morgan fingerprint density at radius 2 is 1.67 bits per heavy atom. The van der Waals surface area contributed by atoms with Gasteiger partial charge in [0, 0.05) is 16.4 Å². The normalized spacial score (nSPS) is 17.5. The molecule has 1 N–H and O–H groups in total. The molecular formula is C18H17ClF3NO4. The lowest BCUT2D eigenvalue weighted by Gasteiger charge is -2.30. The molecule has 0 aliphatic carbocycles. The Labute approximate surface area is 158 Å². The highest BCUT2D eigenvalue weighted by Gasteiger charge is 2.40. The standard InChI is InChI=1S/C18H17ClF3NO4/c1-9-13(16(24)26-3)15(11-6-4-5-7-12(11)19)14(10(2)23-9)17(25)27-8-18(20,21)22/h4-7,15,23H,8H2,1-3H3. The minimum atomic E-state index is -4.68. The zero-order valence-corrected chi connectivity index (χ0v) is 15.5. The number of carbonyl (C=O) groups excluding carboxylic acids is 2. The van der Waals surface area contributed by atoms with Crippen molar-refractivity contribution in [1.29, 1.82) is 0 Å². The number of carbonyl (C=O) groups is 2. The first-order valence-electron chi connectivity index (χ1n) is 7.82. The van der Waals surface area contributed by atoms with E-state index in [-0.39, 0.29) is 21.9 Å². The van der Waals surface area contributed by atoms with Crippen molar-refractivity contribution in [2.45, 2.75) is 25.9 Å². The maximum Gasteiger partial charge on any atom is 0.422 e. The van der Waals surface area contributed by atoms with Gasteiger partial charge in [0.2, 0.25) is 0 Å². The van der Waals surface area contributed by atoms with Crippen molar-refractivity contribution in [1.82, 2.24) is 5.32 Å². The van der Waals surface area contributed by atoms with Crippen molar-refractivity contribution in [3.8, 4) is 0 Å². The SMILES string of the molecule is COC(=O)C1=C(C)NC(C)=C(C(=O)OCC(F)(F)F)C1c1ccccc1Cl. The Morgan fingerprint density at radius 1 is 1.11 bits per heavy atom. The van der Waals surface area contributed by atoms with Crippen LogP contribution in [-0.4, -0.2) is 31.8 Å². The molecule has 1 heterocycles. The van der Waals surface area contributed by atoms with Gasteiger partial charge >= 0.3 is 18.1 Å². The van der Waals surface area contributed by atoms with Gasteiger partial charge in [-0.05, 0) is 25.5 Å². The van der Waals surface area contributed by atoms with E-state index in [9.17, 15) is 22.8 Å². The first-order chi connectivity index (χ1) is 12.6. The van der Waals surface area contributed by atoms with Gasteiger partial charge in [0.25, 0.3) is 0 Å². The molecule has 0 saturated heterocycles. The number of hydrogen-bond donors (Lipinski definition) is 1. The summed E-state index contributed by atoms with van der Waals surface area (Å²) in [6.45, 7) is 1.36. The number of benzene rings is 1. The van der Waals surface area contributed by atoms with Crippen LogP contribution in [0.4, 0.5) is 13.2 Å². The number of dihydropyridines is 1. The highest BCUT2D eigenvalue weighted by molar-refractivity contribution is 6.31. The second-order valence-electron chi connectivity index (χ2n) is 5.84. The van der Waals surface area contributed by atoms with Gasteiger partial charge in [-0.15, -0.1) is 0 Å². The summed E-state index contributed by atoms with van der Waals surface area (Å²) in [5.74, 6) is -2.97. The zero-order chi connectivity index (χ0) is 20.4. The molecule has 1 aromatic carbocycles. The topological polar surface area (TPSA) is 64.6 Å². The van der Waals surface area contributed by atoms with Gasteiger partial charge in [-0.25, -0.2) is 9.59 Å². The third kappa shape index (κ3) is 4.63. The molecule has 27 heavy (non-hydrogen) atoms. The van der Waals surface area contributed by atoms with Gasteiger partial charge in [0.15, 0.2) is 6.61 Å². The van der Waals surface area contributed by atoms with Crippen LogP contribution in [0.5, 0.6) is 0 Å². The lowest BCUT2D eigenvalue weighted by Crippen LogP contribution is -2.33. The van der Waals surface area contributed by atoms with Gasteiger partial charge in [0.05, 0.1) is 24.2 Å². The first kappa shape index (κ1) is 20.8. The quantitative estimate of drug-likeness (QED) is 0.773. The van der Waals surface area contributed by atoms with Gasteiger partial charge < -0.3 is 14.8 Å². The van der Waals surface area contributed by atoms with Crippen LogP contribution < -0.4 is 5.32 Å². The Hall–Kier alpha value is -2.48.